The van der Waals surface area contributed by atoms with Crippen molar-refractivity contribution in [2.45, 2.75) is 70.4 Å². The maximum atomic E-state index is 9.89. The normalized spacial score (nSPS) is 24.8. The van der Waals surface area contributed by atoms with Gasteiger partial charge >= 0.3 is 0 Å². The largest absolute Gasteiger partial charge is 0.396 e. The van der Waals surface area contributed by atoms with Gasteiger partial charge in [0.25, 0.3) is 0 Å². The Balaban J connectivity index is 2.02. The van der Waals surface area contributed by atoms with Crippen molar-refractivity contribution in [1.82, 2.24) is 5.32 Å². The van der Waals surface area contributed by atoms with Crippen LogP contribution in [-0.4, -0.2) is 48.7 Å². The van der Waals surface area contributed by atoms with Crippen molar-refractivity contribution in [3.05, 3.63) is 0 Å². The summed E-state index contributed by atoms with van der Waals surface area (Å²) in [6, 6.07) is 0.355. The van der Waals surface area contributed by atoms with Gasteiger partial charge in [0.05, 0.1) is 12.7 Å². The summed E-state index contributed by atoms with van der Waals surface area (Å²) in [7, 11) is 0. The van der Waals surface area contributed by atoms with Crippen LogP contribution in [0.4, 0.5) is 0 Å². The molecule has 0 amide bonds. The van der Waals surface area contributed by atoms with Crippen molar-refractivity contribution in [2.75, 3.05) is 26.4 Å². The summed E-state index contributed by atoms with van der Waals surface area (Å²) in [5, 5.41) is 22.6. The molecule has 1 rings (SSSR count). The molecule has 0 aliphatic heterocycles. The highest BCUT2D eigenvalue weighted by atomic mass is 16.5. The Labute approximate surface area is 123 Å². The number of nitrogens with one attached hydrogen (secondary N) is 1. The van der Waals surface area contributed by atoms with Gasteiger partial charge in [0.2, 0.25) is 0 Å². The molecule has 1 aliphatic carbocycles. The fourth-order valence-electron chi connectivity index (χ4n) is 2.89. The average Bonchev–Trinajstić information content (AvgIpc) is 2.49. The van der Waals surface area contributed by atoms with Crippen molar-refractivity contribution >= 4 is 0 Å². The van der Waals surface area contributed by atoms with Crippen LogP contribution in [0.2, 0.25) is 0 Å². The Morgan fingerprint density at radius 3 is 2.75 bits per heavy atom. The van der Waals surface area contributed by atoms with E-state index in [2.05, 4.69) is 12.2 Å². The lowest BCUT2D eigenvalue weighted by atomic mass is 9.85. The zero-order valence-electron chi connectivity index (χ0n) is 13.0. The van der Waals surface area contributed by atoms with Gasteiger partial charge in [-0.25, -0.2) is 0 Å². The number of aliphatic hydroxyl groups excluding tert-OH is 2. The maximum absolute atomic E-state index is 9.89. The molecule has 1 aliphatic rings. The lowest BCUT2D eigenvalue weighted by molar-refractivity contribution is 0.0308. The maximum Gasteiger partial charge on any atom is 0.0897 e. The number of ether oxygens (including phenoxy) is 1. The molecule has 3 unspecified atom stereocenters. The van der Waals surface area contributed by atoms with E-state index in [0.717, 1.165) is 25.9 Å². The number of hydrogen-bond acceptors (Lipinski definition) is 4. The molecule has 1 fully saturated rings. The quantitative estimate of drug-likeness (QED) is 0.509. The molecule has 4 heteroatoms. The monoisotopic (exact) mass is 287 g/mol. The van der Waals surface area contributed by atoms with Crippen LogP contribution in [0.15, 0.2) is 0 Å². The topological polar surface area (TPSA) is 61.7 Å². The lowest BCUT2D eigenvalue weighted by Crippen LogP contribution is -2.44. The standard InChI is InChI=1S/C16H33NO3/c1-2-3-4-7-10-20-13-15(19)11-17-16-9-6-5-8-14(16)12-18/h14-19H,2-13H2,1H3. The van der Waals surface area contributed by atoms with Gasteiger partial charge in [-0.1, -0.05) is 39.0 Å². The third-order valence-electron chi connectivity index (χ3n) is 4.21. The highest BCUT2D eigenvalue weighted by molar-refractivity contribution is 4.81. The fourth-order valence-corrected chi connectivity index (χ4v) is 2.89. The summed E-state index contributed by atoms with van der Waals surface area (Å²) in [6.45, 7) is 4.17. The zero-order valence-corrected chi connectivity index (χ0v) is 13.0. The first-order chi connectivity index (χ1) is 9.77. The van der Waals surface area contributed by atoms with E-state index in [1.54, 1.807) is 0 Å². The first kappa shape index (κ1) is 17.9. The smallest absolute Gasteiger partial charge is 0.0897 e. The third kappa shape index (κ3) is 7.58. The predicted molar refractivity (Wildman–Crippen MR) is 81.8 cm³/mol. The van der Waals surface area contributed by atoms with Gasteiger partial charge in [-0.2, -0.15) is 0 Å². The zero-order chi connectivity index (χ0) is 14.6. The SMILES string of the molecule is CCCCCCOCC(O)CNC1CCCCC1CO. The molecule has 0 spiro atoms. The second-order valence-corrected chi connectivity index (χ2v) is 6.03. The Morgan fingerprint density at radius 1 is 1.20 bits per heavy atom. The van der Waals surface area contributed by atoms with Crippen LogP contribution < -0.4 is 5.32 Å². The van der Waals surface area contributed by atoms with Gasteiger partial charge in [0, 0.05) is 25.8 Å². The van der Waals surface area contributed by atoms with Gasteiger partial charge in [-0.15, -0.1) is 0 Å². The molecular weight excluding hydrogens is 254 g/mol. The lowest BCUT2D eigenvalue weighted by Gasteiger charge is -2.31. The van der Waals surface area contributed by atoms with Crippen LogP contribution >= 0.6 is 0 Å². The van der Waals surface area contributed by atoms with Crippen LogP contribution in [0, 0.1) is 5.92 Å². The summed E-state index contributed by atoms with van der Waals surface area (Å²) < 4.78 is 5.50. The molecule has 0 aromatic heterocycles. The molecule has 3 atom stereocenters. The van der Waals surface area contributed by atoms with Crippen LogP contribution in [0.5, 0.6) is 0 Å². The summed E-state index contributed by atoms with van der Waals surface area (Å²) in [5.74, 6) is 0.353. The van der Waals surface area contributed by atoms with E-state index in [9.17, 15) is 10.2 Å². The second kappa shape index (κ2) is 11.5. The van der Waals surface area contributed by atoms with E-state index in [-0.39, 0.29) is 6.61 Å². The van der Waals surface area contributed by atoms with Gasteiger partial charge in [0.1, 0.15) is 0 Å². The average molecular weight is 287 g/mol. The van der Waals surface area contributed by atoms with Crippen LogP contribution in [0.3, 0.4) is 0 Å². The van der Waals surface area contributed by atoms with Crippen LogP contribution in [0.25, 0.3) is 0 Å². The van der Waals surface area contributed by atoms with E-state index >= 15 is 0 Å². The Bertz CT molecular complexity index is 226. The third-order valence-corrected chi connectivity index (χ3v) is 4.21. The predicted octanol–water partition coefficient (Wildman–Crippen LogP) is 2.08. The molecule has 0 bridgehead atoms. The first-order valence-corrected chi connectivity index (χ1v) is 8.38. The van der Waals surface area contributed by atoms with Gasteiger partial charge in [-0.3, -0.25) is 0 Å². The highest BCUT2D eigenvalue weighted by Gasteiger charge is 2.24. The Kier molecular flexibility index (Phi) is 10.3. The molecule has 0 heterocycles. The van der Waals surface area contributed by atoms with Gasteiger partial charge in [0.15, 0.2) is 0 Å². The molecule has 4 nitrogen and oxygen atoms in total. The summed E-state index contributed by atoms with van der Waals surface area (Å²) in [5.41, 5.74) is 0. The molecular formula is C16H33NO3. The van der Waals surface area contributed by atoms with Crippen molar-refractivity contribution in [2.24, 2.45) is 5.92 Å². The van der Waals surface area contributed by atoms with Crippen molar-refractivity contribution < 1.29 is 14.9 Å². The van der Waals surface area contributed by atoms with Gasteiger partial charge < -0.3 is 20.3 Å². The molecule has 0 radical (unpaired) electrons. The molecule has 120 valence electrons. The van der Waals surface area contributed by atoms with E-state index in [1.807, 2.05) is 0 Å². The van der Waals surface area contributed by atoms with Crippen molar-refractivity contribution in [1.29, 1.82) is 0 Å². The molecule has 1 saturated carbocycles. The fraction of sp³-hybridized carbons (Fsp3) is 1.00. The Morgan fingerprint density at radius 2 is 2.00 bits per heavy atom. The van der Waals surface area contributed by atoms with E-state index in [1.165, 1.54) is 32.1 Å². The van der Waals surface area contributed by atoms with Crippen LogP contribution in [-0.2, 0) is 4.74 Å². The van der Waals surface area contributed by atoms with E-state index in [4.69, 9.17) is 4.74 Å². The minimum absolute atomic E-state index is 0.252. The summed E-state index contributed by atoms with van der Waals surface area (Å²) in [4.78, 5) is 0. The summed E-state index contributed by atoms with van der Waals surface area (Å²) in [6.07, 6.45) is 8.99. The van der Waals surface area contributed by atoms with E-state index in [0.29, 0.717) is 25.1 Å². The number of rotatable bonds is 11. The van der Waals surface area contributed by atoms with Gasteiger partial charge in [-0.05, 0) is 25.2 Å². The Hall–Kier alpha value is -0.160. The molecule has 3 N–H and O–H groups in total. The minimum Gasteiger partial charge on any atom is -0.396 e. The number of unbranched alkanes of at least 4 members (excludes halogenated alkanes) is 3. The minimum atomic E-state index is -0.442. The van der Waals surface area contributed by atoms with E-state index < -0.39 is 6.10 Å². The number of hydrogen-bond donors (Lipinski definition) is 3. The molecule has 0 saturated heterocycles. The number of aliphatic hydroxyl groups is 2. The van der Waals surface area contributed by atoms with Crippen LogP contribution in [0.1, 0.15) is 58.3 Å². The highest BCUT2D eigenvalue weighted by Crippen LogP contribution is 2.23. The molecule has 20 heavy (non-hydrogen) atoms. The van der Waals surface area contributed by atoms with Crippen molar-refractivity contribution in [3.63, 3.8) is 0 Å². The molecule has 0 aromatic carbocycles. The molecule has 0 aromatic rings. The van der Waals surface area contributed by atoms with Crippen molar-refractivity contribution in [3.8, 4) is 0 Å². The summed E-state index contributed by atoms with van der Waals surface area (Å²) >= 11 is 0. The first-order valence-electron chi connectivity index (χ1n) is 8.38. The second-order valence-electron chi connectivity index (χ2n) is 6.03.